The Hall–Kier alpha value is -1.49. The highest BCUT2D eigenvalue weighted by Crippen LogP contribution is 2.41. The first-order valence-corrected chi connectivity index (χ1v) is 9.93. The topological polar surface area (TPSA) is 46.6 Å². The van der Waals surface area contributed by atoms with Gasteiger partial charge in [0.15, 0.2) is 0 Å². The van der Waals surface area contributed by atoms with Gasteiger partial charge in [-0.05, 0) is 43.4 Å². The summed E-state index contributed by atoms with van der Waals surface area (Å²) < 4.78 is 5.40. The van der Waals surface area contributed by atoms with Gasteiger partial charge in [0.2, 0.25) is 0 Å². The fourth-order valence-electron chi connectivity index (χ4n) is 2.95. The molecule has 0 saturated carbocycles. The van der Waals surface area contributed by atoms with Crippen LogP contribution < -0.4 is 0 Å². The lowest BCUT2D eigenvalue weighted by atomic mass is 9.94. The molecule has 1 aromatic carbocycles. The number of hydrogen-bond donors (Lipinski definition) is 0. The van der Waals surface area contributed by atoms with Crippen molar-refractivity contribution < 1.29 is 14.3 Å². The number of amides is 1. The van der Waals surface area contributed by atoms with Gasteiger partial charge in [0, 0.05) is 11.3 Å². The van der Waals surface area contributed by atoms with E-state index in [1.54, 1.807) is 16.7 Å². The summed E-state index contributed by atoms with van der Waals surface area (Å²) in [4.78, 5) is 27.5. The Morgan fingerprint density at radius 1 is 1.24 bits per heavy atom. The maximum absolute atomic E-state index is 13.2. The number of thioether (sulfide) groups is 1. The molecule has 1 aliphatic rings. The van der Waals surface area contributed by atoms with Gasteiger partial charge in [-0.1, -0.05) is 39.8 Å². The monoisotopic (exact) mass is 363 g/mol. The van der Waals surface area contributed by atoms with Gasteiger partial charge < -0.3 is 9.64 Å². The molecule has 1 saturated heterocycles. The second kappa shape index (κ2) is 7.81. The van der Waals surface area contributed by atoms with Crippen LogP contribution in [0, 0.1) is 5.41 Å². The van der Waals surface area contributed by atoms with Gasteiger partial charge in [-0.2, -0.15) is 0 Å². The molecule has 1 heterocycles. The van der Waals surface area contributed by atoms with Crippen LogP contribution >= 0.6 is 11.8 Å². The molecule has 0 aromatic heterocycles. The maximum atomic E-state index is 13.2. The Labute approximate surface area is 155 Å². The Morgan fingerprint density at radius 3 is 2.32 bits per heavy atom. The van der Waals surface area contributed by atoms with Crippen molar-refractivity contribution in [3.05, 3.63) is 35.4 Å². The van der Waals surface area contributed by atoms with E-state index in [0.717, 1.165) is 6.42 Å². The molecular formula is C20H29NO3S. The number of hydrogen-bond acceptors (Lipinski definition) is 4. The van der Waals surface area contributed by atoms with Gasteiger partial charge in [0.25, 0.3) is 5.91 Å². The number of esters is 1. The second-order valence-corrected chi connectivity index (χ2v) is 8.93. The fraction of sp³-hybridized carbons (Fsp3) is 0.600. The molecule has 4 nitrogen and oxygen atoms in total. The maximum Gasteiger partial charge on any atom is 0.330 e. The summed E-state index contributed by atoms with van der Waals surface area (Å²) in [5, 5.41) is -0.0597. The summed E-state index contributed by atoms with van der Waals surface area (Å²) in [5.74, 6) is 0.165. The molecule has 1 fully saturated rings. The molecule has 138 valence electrons. The molecule has 1 aliphatic heterocycles. The third-order valence-electron chi connectivity index (χ3n) is 4.21. The van der Waals surface area contributed by atoms with Gasteiger partial charge in [0.05, 0.1) is 11.5 Å². The predicted molar refractivity (Wildman–Crippen MR) is 103 cm³/mol. The molecule has 25 heavy (non-hydrogen) atoms. The van der Waals surface area contributed by atoms with Crippen LogP contribution in [-0.4, -0.2) is 40.0 Å². The van der Waals surface area contributed by atoms with Gasteiger partial charge >= 0.3 is 5.97 Å². The van der Waals surface area contributed by atoms with E-state index in [1.165, 1.54) is 5.56 Å². The largest absolute Gasteiger partial charge is 0.461 e. The molecule has 2 rings (SSSR count). The first-order chi connectivity index (χ1) is 11.6. The van der Waals surface area contributed by atoms with E-state index >= 15 is 0 Å². The number of rotatable bonds is 4. The Balaban J connectivity index is 2.33. The number of aryl methyl sites for hydroxylation is 1. The molecule has 1 aromatic rings. The summed E-state index contributed by atoms with van der Waals surface area (Å²) in [7, 11) is 0. The third-order valence-corrected chi connectivity index (χ3v) is 5.97. The zero-order chi connectivity index (χ0) is 18.8. The minimum absolute atomic E-state index is 0.0597. The van der Waals surface area contributed by atoms with E-state index in [0.29, 0.717) is 11.3 Å². The van der Waals surface area contributed by atoms with Crippen molar-refractivity contribution in [3.8, 4) is 0 Å². The smallest absolute Gasteiger partial charge is 0.330 e. The molecule has 0 spiro atoms. The third kappa shape index (κ3) is 4.57. The van der Waals surface area contributed by atoms with Crippen LogP contribution in [0.1, 0.15) is 57.5 Å². The first-order valence-electron chi connectivity index (χ1n) is 8.88. The molecule has 0 N–H and O–H groups in total. The standard InChI is InChI=1S/C20H29NO3S/c1-7-14-8-10-15(11-9-14)17(22)21-16(18(23)24-13(2)3)12-25-19(21)20(4,5)6/h8-11,13,16,19H,7,12H2,1-6H3. The lowest BCUT2D eigenvalue weighted by Crippen LogP contribution is -2.50. The number of carbonyl (C=O) groups is 2. The van der Waals surface area contributed by atoms with Crippen molar-refractivity contribution in [3.63, 3.8) is 0 Å². The highest BCUT2D eigenvalue weighted by molar-refractivity contribution is 8.00. The Morgan fingerprint density at radius 2 is 1.84 bits per heavy atom. The number of nitrogens with zero attached hydrogens (tertiary/aromatic N) is 1. The van der Waals surface area contributed by atoms with Gasteiger partial charge in [0.1, 0.15) is 6.04 Å². The van der Waals surface area contributed by atoms with Gasteiger partial charge in [-0.15, -0.1) is 11.8 Å². The van der Waals surface area contributed by atoms with Crippen molar-refractivity contribution >= 4 is 23.6 Å². The van der Waals surface area contributed by atoms with Crippen LogP contribution in [0.25, 0.3) is 0 Å². The van der Waals surface area contributed by atoms with Crippen molar-refractivity contribution in [2.45, 2.75) is 65.5 Å². The lowest BCUT2D eigenvalue weighted by molar-refractivity contribution is -0.152. The fourth-order valence-corrected chi connectivity index (χ4v) is 4.51. The Bertz CT molecular complexity index is 619. The van der Waals surface area contributed by atoms with E-state index in [2.05, 4.69) is 27.7 Å². The minimum Gasteiger partial charge on any atom is -0.461 e. The normalized spacial score (nSPS) is 20.8. The summed E-state index contributed by atoms with van der Waals surface area (Å²) in [6.45, 7) is 12.0. The van der Waals surface area contributed by atoms with E-state index in [4.69, 9.17) is 4.74 Å². The van der Waals surface area contributed by atoms with E-state index in [9.17, 15) is 9.59 Å². The zero-order valence-corrected chi connectivity index (χ0v) is 16.9. The summed E-state index contributed by atoms with van der Waals surface area (Å²) in [5.41, 5.74) is 1.68. The van der Waals surface area contributed by atoms with Gasteiger partial charge in [-0.3, -0.25) is 4.79 Å². The SMILES string of the molecule is CCc1ccc(C(=O)N2C(C(=O)OC(C)C)CSC2C(C)(C)C)cc1. The van der Waals surface area contributed by atoms with Crippen LogP contribution in [0.15, 0.2) is 24.3 Å². The molecule has 2 atom stereocenters. The highest BCUT2D eigenvalue weighted by atomic mass is 32.2. The van der Waals surface area contributed by atoms with Crippen LogP contribution in [0.4, 0.5) is 0 Å². The first kappa shape index (κ1) is 19.8. The highest BCUT2D eigenvalue weighted by Gasteiger charge is 2.47. The van der Waals surface area contributed by atoms with Crippen molar-refractivity contribution in [1.29, 1.82) is 0 Å². The van der Waals surface area contributed by atoms with E-state index in [1.807, 2.05) is 38.1 Å². The average molecular weight is 364 g/mol. The second-order valence-electron chi connectivity index (χ2n) is 7.82. The quantitative estimate of drug-likeness (QED) is 0.755. The molecule has 0 radical (unpaired) electrons. The average Bonchev–Trinajstić information content (AvgIpc) is 2.99. The van der Waals surface area contributed by atoms with E-state index < -0.39 is 6.04 Å². The molecule has 1 amide bonds. The van der Waals surface area contributed by atoms with Crippen LogP contribution in [0.3, 0.4) is 0 Å². The Kier molecular flexibility index (Phi) is 6.20. The number of carbonyl (C=O) groups excluding carboxylic acids is 2. The van der Waals surface area contributed by atoms with Crippen molar-refractivity contribution in [1.82, 2.24) is 4.90 Å². The van der Waals surface area contributed by atoms with Crippen LogP contribution in [-0.2, 0) is 16.0 Å². The van der Waals surface area contributed by atoms with Crippen LogP contribution in [0.2, 0.25) is 0 Å². The molecule has 0 aliphatic carbocycles. The lowest BCUT2D eigenvalue weighted by Gasteiger charge is -2.36. The molecular weight excluding hydrogens is 334 g/mol. The summed E-state index contributed by atoms with van der Waals surface area (Å²) in [6.07, 6.45) is 0.745. The summed E-state index contributed by atoms with van der Waals surface area (Å²) in [6, 6.07) is 7.13. The van der Waals surface area contributed by atoms with Gasteiger partial charge in [-0.25, -0.2) is 4.79 Å². The molecule has 2 unspecified atom stereocenters. The number of ether oxygens (including phenoxy) is 1. The zero-order valence-electron chi connectivity index (χ0n) is 16.0. The minimum atomic E-state index is -0.532. The summed E-state index contributed by atoms with van der Waals surface area (Å²) >= 11 is 1.66. The number of benzene rings is 1. The van der Waals surface area contributed by atoms with Crippen LogP contribution in [0.5, 0.6) is 0 Å². The predicted octanol–water partition coefficient (Wildman–Crippen LogP) is 4.13. The van der Waals surface area contributed by atoms with E-state index in [-0.39, 0.29) is 28.8 Å². The molecule has 5 heteroatoms. The van der Waals surface area contributed by atoms with Crippen molar-refractivity contribution in [2.24, 2.45) is 5.41 Å². The van der Waals surface area contributed by atoms with Crippen molar-refractivity contribution in [2.75, 3.05) is 5.75 Å². The molecule has 0 bridgehead atoms.